The molecular formula is C61H88O4S2. The second-order valence-electron chi connectivity index (χ2n) is 20.5. The SMILES string of the molecule is CCCCCCCCCCCCCCCCOC(=O)c1ccc(C2=CC3=C4CCCC4=C4C=C(c5ccc(C(=O)OCCCCCCCCCCCCCCCC)cc5)S[C@@]4(C)[C@]3(C)S2)cc1. The average Bonchev–Trinajstić information content (AvgIpc) is 4.08. The molecule has 0 spiro atoms. The van der Waals surface area contributed by atoms with Crippen LogP contribution in [0.25, 0.3) is 9.81 Å². The second kappa shape index (κ2) is 28.6. The molecule has 4 aliphatic rings. The van der Waals surface area contributed by atoms with Gasteiger partial charge in [-0.15, -0.1) is 23.5 Å². The van der Waals surface area contributed by atoms with Crippen molar-refractivity contribution in [2.75, 3.05) is 13.2 Å². The van der Waals surface area contributed by atoms with Crippen LogP contribution in [0, 0.1) is 0 Å². The minimum atomic E-state index is -0.220. The quantitative estimate of drug-likeness (QED) is 0.0515. The molecule has 0 amide bonds. The van der Waals surface area contributed by atoms with E-state index in [1.165, 1.54) is 193 Å². The Hall–Kier alpha value is -2.96. The largest absolute Gasteiger partial charge is 0.462 e. The van der Waals surface area contributed by atoms with Gasteiger partial charge in [-0.1, -0.05) is 205 Å². The first-order chi connectivity index (χ1) is 32.8. The Morgan fingerprint density at radius 1 is 0.433 bits per heavy atom. The molecule has 6 heteroatoms. The molecule has 0 N–H and O–H groups in total. The van der Waals surface area contributed by atoms with Gasteiger partial charge in [-0.2, -0.15) is 0 Å². The van der Waals surface area contributed by atoms with Gasteiger partial charge in [0, 0.05) is 9.81 Å². The number of hydrogen-bond acceptors (Lipinski definition) is 6. The number of carbonyl (C=O) groups excluding carboxylic acids is 2. The second-order valence-corrected chi connectivity index (χ2v) is 23.5. The minimum Gasteiger partial charge on any atom is -0.462 e. The topological polar surface area (TPSA) is 52.6 Å². The van der Waals surface area contributed by atoms with Gasteiger partial charge in [-0.3, -0.25) is 0 Å². The molecule has 67 heavy (non-hydrogen) atoms. The lowest BCUT2D eigenvalue weighted by Gasteiger charge is -2.47. The van der Waals surface area contributed by atoms with Gasteiger partial charge in [-0.25, -0.2) is 9.59 Å². The highest BCUT2D eigenvalue weighted by Crippen LogP contribution is 2.70. The molecule has 6 rings (SSSR count). The maximum absolute atomic E-state index is 13.0. The summed E-state index contributed by atoms with van der Waals surface area (Å²) < 4.78 is 11.1. The Kier molecular flexibility index (Phi) is 22.8. The molecule has 0 saturated heterocycles. The number of rotatable bonds is 34. The summed E-state index contributed by atoms with van der Waals surface area (Å²) in [7, 11) is 0. The summed E-state index contributed by atoms with van der Waals surface area (Å²) in [5, 5.41) is 0. The zero-order valence-electron chi connectivity index (χ0n) is 42.6. The highest BCUT2D eigenvalue weighted by Gasteiger charge is 2.59. The van der Waals surface area contributed by atoms with E-state index in [-0.39, 0.29) is 21.4 Å². The van der Waals surface area contributed by atoms with Crippen molar-refractivity contribution in [1.82, 2.24) is 0 Å². The number of ether oxygens (including phenoxy) is 2. The van der Waals surface area contributed by atoms with Crippen LogP contribution in [-0.2, 0) is 9.47 Å². The summed E-state index contributed by atoms with van der Waals surface area (Å²) >= 11 is 3.96. The fourth-order valence-corrected chi connectivity index (χ4v) is 14.0. The van der Waals surface area contributed by atoms with Gasteiger partial charge in [0.1, 0.15) is 0 Å². The van der Waals surface area contributed by atoms with E-state index in [0.29, 0.717) is 24.3 Å². The van der Waals surface area contributed by atoms with Gasteiger partial charge in [0.15, 0.2) is 0 Å². The van der Waals surface area contributed by atoms with Crippen molar-refractivity contribution in [2.24, 2.45) is 0 Å². The summed E-state index contributed by atoms with van der Waals surface area (Å²) in [5.74, 6) is -0.439. The van der Waals surface area contributed by atoms with Crippen LogP contribution in [0.5, 0.6) is 0 Å². The number of hydrogen-bond donors (Lipinski definition) is 0. The van der Waals surface area contributed by atoms with E-state index in [0.717, 1.165) is 49.7 Å². The van der Waals surface area contributed by atoms with Crippen LogP contribution < -0.4 is 0 Å². The number of thioether (sulfide) groups is 2. The van der Waals surface area contributed by atoms with Gasteiger partial charge in [-0.05, 0) is 116 Å². The summed E-state index contributed by atoms with van der Waals surface area (Å²) in [6, 6.07) is 16.2. The number of fused-ring (bicyclic) bond motifs is 4. The standard InChI is InChI=1S/C61H88O4S2/c1-5-7-9-11-13-15-17-19-21-23-25-27-29-31-44-64-58(62)50-40-36-48(37-41-50)56-46-54-52-34-33-35-53(52)55-47-57(67-61(55,4)60(54,3)66-56)49-38-42-51(43-39-49)59(63)65-45-32-30-28-26-24-22-20-18-16-14-12-10-8-6-2/h36-43,46-47H,5-35,44-45H2,1-4H3/t60-,61-/m1/s1. The molecule has 0 radical (unpaired) electrons. The van der Waals surface area contributed by atoms with E-state index in [2.05, 4.69) is 64.1 Å². The molecule has 4 nitrogen and oxygen atoms in total. The molecule has 2 aromatic rings. The molecule has 368 valence electrons. The maximum atomic E-state index is 13.0. The van der Waals surface area contributed by atoms with E-state index in [1.54, 1.807) is 0 Å². The van der Waals surface area contributed by atoms with Crippen LogP contribution in [0.15, 0.2) is 83.0 Å². The van der Waals surface area contributed by atoms with Crippen molar-refractivity contribution in [2.45, 2.75) is 236 Å². The number of unbranched alkanes of at least 4 members (excludes halogenated alkanes) is 26. The predicted octanol–water partition coefficient (Wildman–Crippen LogP) is 19.1. The van der Waals surface area contributed by atoms with Gasteiger partial charge >= 0.3 is 11.9 Å². The monoisotopic (exact) mass is 949 g/mol. The van der Waals surface area contributed by atoms with Crippen molar-refractivity contribution in [3.05, 3.63) is 105 Å². The molecule has 1 saturated carbocycles. The first-order valence-electron chi connectivity index (χ1n) is 27.6. The third kappa shape index (κ3) is 15.3. The smallest absolute Gasteiger partial charge is 0.338 e. The van der Waals surface area contributed by atoms with E-state index >= 15 is 0 Å². The lowest BCUT2D eigenvalue weighted by atomic mass is 9.72. The molecule has 0 unspecified atom stereocenters. The molecule has 2 heterocycles. The van der Waals surface area contributed by atoms with Crippen LogP contribution in [-0.4, -0.2) is 34.6 Å². The molecular weight excluding hydrogens is 861 g/mol. The third-order valence-electron chi connectivity index (χ3n) is 15.3. The summed E-state index contributed by atoms with van der Waals surface area (Å²) in [6.07, 6.45) is 45.2. The van der Waals surface area contributed by atoms with E-state index in [1.807, 2.05) is 47.8 Å². The van der Waals surface area contributed by atoms with Crippen molar-refractivity contribution in [3.63, 3.8) is 0 Å². The first kappa shape index (κ1) is 53.4. The fourth-order valence-electron chi connectivity index (χ4n) is 10.9. The number of esters is 2. The lowest BCUT2D eigenvalue weighted by Crippen LogP contribution is -2.47. The molecule has 2 aromatic carbocycles. The maximum Gasteiger partial charge on any atom is 0.338 e. The normalized spacial score (nSPS) is 19.6. The molecule has 0 aromatic heterocycles. The Bertz CT molecular complexity index is 1830. The zero-order valence-corrected chi connectivity index (χ0v) is 44.2. The molecule has 2 aliphatic heterocycles. The van der Waals surface area contributed by atoms with Crippen molar-refractivity contribution in [3.8, 4) is 0 Å². The van der Waals surface area contributed by atoms with Crippen molar-refractivity contribution < 1.29 is 19.1 Å². The summed E-state index contributed by atoms with van der Waals surface area (Å²) in [5.41, 5.74) is 9.59. The van der Waals surface area contributed by atoms with Crippen LogP contribution in [0.1, 0.15) is 259 Å². The van der Waals surface area contributed by atoms with Gasteiger partial charge < -0.3 is 9.47 Å². The highest BCUT2D eigenvalue weighted by atomic mass is 32.2. The average molecular weight is 950 g/mol. The summed E-state index contributed by atoms with van der Waals surface area (Å²) in [6.45, 7) is 10.5. The number of carbonyl (C=O) groups is 2. The minimum absolute atomic E-state index is 0.147. The third-order valence-corrected chi connectivity index (χ3v) is 18.6. The van der Waals surface area contributed by atoms with Crippen molar-refractivity contribution in [1.29, 1.82) is 0 Å². The molecule has 2 atom stereocenters. The van der Waals surface area contributed by atoms with Crippen LogP contribution in [0.3, 0.4) is 0 Å². The van der Waals surface area contributed by atoms with Crippen molar-refractivity contribution >= 4 is 45.3 Å². The van der Waals surface area contributed by atoms with Crippen LogP contribution >= 0.6 is 23.5 Å². The zero-order chi connectivity index (χ0) is 47.2. The van der Waals surface area contributed by atoms with Gasteiger partial charge in [0.25, 0.3) is 0 Å². The van der Waals surface area contributed by atoms with Crippen LogP contribution in [0.2, 0.25) is 0 Å². The predicted molar refractivity (Wildman–Crippen MR) is 290 cm³/mol. The van der Waals surface area contributed by atoms with E-state index in [9.17, 15) is 9.59 Å². The fraction of sp³-hybridized carbons (Fsp3) is 0.639. The molecule has 1 fully saturated rings. The lowest BCUT2D eigenvalue weighted by molar-refractivity contribution is 0.0488. The molecule has 0 bridgehead atoms. The Balaban J connectivity index is 0.904. The Morgan fingerprint density at radius 2 is 0.716 bits per heavy atom. The highest BCUT2D eigenvalue weighted by molar-refractivity contribution is 8.14. The van der Waals surface area contributed by atoms with E-state index in [4.69, 9.17) is 9.47 Å². The van der Waals surface area contributed by atoms with Gasteiger partial charge in [0.05, 0.1) is 33.8 Å². The van der Waals surface area contributed by atoms with E-state index < -0.39 is 0 Å². The van der Waals surface area contributed by atoms with Crippen LogP contribution in [0.4, 0.5) is 0 Å². The number of allylic oxidation sites excluding steroid dienone is 4. The Labute approximate surface area is 416 Å². The molecule has 2 aliphatic carbocycles. The number of benzene rings is 2. The Morgan fingerprint density at radius 3 is 1.01 bits per heavy atom. The first-order valence-corrected chi connectivity index (χ1v) is 29.3. The van der Waals surface area contributed by atoms with Gasteiger partial charge in [0.2, 0.25) is 0 Å². The summed E-state index contributed by atoms with van der Waals surface area (Å²) in [4.78, 5) is 28.6.